The fourth-order valence-corrected chi connectivity index (χ4v) is 2.24. The molecule has 0 aromatic heterocycles. The molecule has 0 spiro atoms. The highest BCUT2D eigenvalue weighted by atomic mass is 35.5. The van der Waals surface area contributed by atoms with Crippen molar-refractivity contribution in [3.05, 3.63) is 28.8 Å². The lowest BCUT2D eigenvalue weighted by Gasteiger charge is -2.23. The first-order valence-corrected chi connectivity index (χ1v) is 6.37. The highest BCUT2D eigenvalue weighted by molar-refractivity contribution is 6.32. The number of nitrogens with two attached hydrogens (primary N) is 1. The zero-order chi connectivity index (χ0) is 12.1. The summed E-state index contributed by atoms with van der Waals surface area (Å²) >= 11 is 6.12. The fourth-order valence-electron chi connectivity index (χ4n) is 1.99. The predicted octanol–water partition coefficient (Wildman–Crippen LogP) is 2.60. The molecule has 0 aliphatic carbocycles. The molecular formula is C13H18ClNO2. The molecule has 17 heavy (non-hydrogen) atoms. The van der Waals surface area contributed by atoms with Crippen LogP contribution in [0.2, 0.25) is 5.02 Å². The Morgan fingerprint density at radius 2 is 2.12 bits per heavy atom. The number of benzene rings is 1. The molecule has 0 radical (unpaired) electrons. The van der Waals surface area contributed by atoms with E-state index in [1.54, 1.807) is 0 Å². The summed E-state index contributed by atoms with van der Waals surface area (Å²) in [6, 6.07) is 5.68. The minimum Gasteiger partial charge on any atom is -0.491 e. The fraction of sp³-hybridized carbons (Fsp3) is 0.538. The molecule has 1 aromatic carbocycles. The normalized spacial score (nSPS) is 17.1. The third kappa shape index (κ3) is 3.35. The van der Waals surface area contributed by atoms with E-state index in [0.717, 1.165) is 37.4 Å². The first kappa shape index (κ1) is 12.7. The SMILES string of the molecule is NCc1cccc(Cl)c1OCC1CCOCC1. The van der Waals surface area contributed by atoms with Gasteiger partial charge in [-0.25, -0.2) is 0 Å². The lowest BCUT2D eigenvalue weighted by Crippen LogP contribution is -2.22. The van der Waals surface area contributed by atoms with Crippen LogP contribution in [0.4, 0.5) is 0 Å². The summed E-state index contributed by atoms with van der Waals surface area (Å²) in [7, 11) is 0. The van der Waals surface area contributed by atoms with Crippen LogP contribution in [0, 0.1) is 5.92 Å². The van der Waals surface area contributed by atoms with Crippen LogP contribution in [-0.4, -0.2) is 19.8 Å². The Labute approximate surface area is 107 Å². The molecule has 0 bridgehead atoms. The molecule has 0 unspecified atom stereocenters. The molecule has 1 aromatic rings. The quantitative estimate of drug-likeness (QED) is 0.900. The molecule has 1 aliphatic rings. The largest absolute Gasteiger partial charge is 0.491 e. The van der Waals surface area contributed by atoms with Gasteiger partial charge in [-0.2, -0.15) is 0 Å². The van der Waals surface area contributed by atoms with Crippen molar-refractivity contribution in [2.45, 2.75) is 19.4 Å². The Hall–Kier alpha value is -0.770. The third-order valence-electron chi connectivity index (χ3n) is 3.07. The van der Waals surface area contributed by atoms with Gasteiger partial charge >= 0.3 is 0 Å². The van der Waals surface area contributed by atoms with E-state index < -0.39 is 0 Å². The lowest BCUT2D eigenvalue weighted by atomic mass is 10.0. The molecule has 0 atom stereocenters. The molecule has 2 N–H and O–H groups in total. The van der Waals surface area contributed by atoms with Crippen molar-refractivity contribution in [1.82, 2.24) is 0 Å². The monoisotopic (exact) mass is 255 g/mol. The van der Waals surface area contributed by atoms with Gasteiger partial charge < -0.3 is 15.2 Å². The molecule has 2 rings (SSSR count). The molecule has 94 valence electrons. The molecule has 1 aliphatic heterocycles. The highest BCUT2D eigenvalue weighted by Gasteiger charge is 2.16. The van der Waals surface area contributed by atoms with Crippen molar-refractivity contribution in [1.29, 1.82) is 0 Å². The van der Waals surface area contributed by atoms with Crippen LogP contribution in [0.1, 0.15) is 18.4 Å². The van der Waals surface area contributed by atoms with E-state index in [0.29, 0.717) is 24.1 Å². The van der Waals surface area contributed by atoms with Gasteiger partial charge in [0.1, 0.15) is 5.75 Å². The number of rotatable bonds is 4. The van der Waals surface area contributed by atoms with Crippen LogP contribution in [0.5, 0.6) is 5.75 Å². The van der Waals surface area contributed by atoms with E-state index in [1.807, 2.05) is 18.2 Å². The second-order valence-electron chi connectivity index (χ2n) is 4.30. The van der Waals surface area contributed by atoms with Crippen LogP contribution < -0.4 is 10.5 Å². The van der Waals surface area contributed by atoms with Gasteiger partial charge in [0.05, 0.1) is 11.6 Å². The zero-order valence-corrected chi connectivity index (χ0v) is 10.6. The second-order valence-corrected chi connectivity index (χ2v) is 4.71. The Morgan fingerprint density at radius 3 is 2.82 bits per heavy atom. The number of hydrogen-bond acceptors (Lipinski definition) is 3. The smallest absolute Gasteiger partial charge is 0.142 e. The average molecular weight is 256 g/mol. The number of para-hydroxylation sites is 1. The minimum absolute atomic E-state index is 0.448. The molecule has 3 nitrogen and oxygen atoms in total. The maximum absolute atomic E-state index is 6.12. The summed E-state index contributed by atoms with van der Waals surface area (Å²) in [6.45, 7) is 2.81. The van der Waals surface area contributed by atoms with Crippen LogP contribution >= 0.6 is 11.6 Å². The predicted molar refractivity (Wildman–Crippen MR) is 68.4 cm³/mol. The van der Waals surface area contributed by atoms with E-state index in [9.17, 15) is 0 Å². The Balaban J connectivity index is 1.97. The molecule has 1 heterocycles. The zero-order valence-electron chi connectivity index (χ0n) is 9.82. The van der Waals surface area contributed by atoms with Crippen molar-refractivity contribution in [2.75, 3.05) is 19.8 Å². The van der Waals surface area contributed by atoms with Crippen molar-refractivity contribution < 1.29 is 9.47 Å². The van der Waals surface area contributed by atoms with Gasteiger partial charge in [-0.05, 0) is 24.8 Å². The summed E-state index contributed by atoms with van der Waals surface area (Å²) < 4.78 is 11.1. The number of hydrogen-bond donors (Lipinski definition) is 1. The molecule has 1 fully saturated rings. The standard InChI is InChI=1S/C13H18ClNO2/c14-12-3-1-2-11(8-15)13(12)17-9-10-4-6-16-7-5-10/h1-3,10H,4-9,15H2. The van der Waals surface area contributed by atoms with Crippen molar-refractivity contribution >= 4 is 11.6 Å². The Kier molecular flexibility index (Phi) is 4.66. The molecular weight excluding hydrogens is 238 g/mol. The lowest BCUT2D eigenvalue weighted by molar-refractivity contribution is 0.0496. The molecule has 0 saturated carbocycles. The second kappa shape index (κ2) is 6.24. The maximum Gasteiger partial charge on any atom is 0.142 e. The number of halogens is 1. The van der Waals surface area contributed by atoms with Gasteiger partial charge in [0, 0.05) is 25.3 Å². The van der Waals surface area contributed by atoms with Crippen LogP contribution in [0.3, 0.4) is 0 Å². The van der Waals surface area contributed by atoms with Gasteiger partial charge in [0.2, 0.25) is 0 Å². The van der Waals surface area contributed by atoms with Gasteiger partial charge in [-0.3, -0.25) is 0 Å². The van der Waals surface area contributed by atoms with E-state index in [-0.39, 0.29) is 0 Å². The summed E-state index contributed by atoms with van der Waals surface area (Å²) in [4.78, 5) is 0. The summed E-state index contributed by atoms with van der Waals surface area (Å²) in [5.41, 5.74) is 6.63. The third-order valence-corrected chi connectivity index (χ3v) is 3.37. The maximum atomic E-state index is 6.12. The van der Waals surface area contributed by atoms with Crippen molar-refractivity contribution in [2.24, 2.45) is 11.7 Å². The van der Waals surface area contributed by atoms with Crippen LogP contribution in [-0.2, 0) is 11.3 Å². The Bertz CT molecular complexity index is 364. The minimum atomic E-state index is 0.448. The van der Waals surface area contributed by atoms with E-state index in [4.69, 9.17) is 26.8 Å². The van der Waals surface area contributed by atoms with Gasteiger partial charge in [-0.1, -0.05) is 23.7 Å². The summed E-state index contributed by atoms with van der Waals surface area (Å²) in [6.07, 6.45) is 2.12. The van der Waals surface area contributed by atoms with Gasteiger partial charge in [-0.15, -0.1) is 0 Å². The Morgan fingerprint density at radius 1 is 1.35 bits per heavy atom. The van der Waals surface area contributed by atoms with E-state index >= 15 is 0 Å². The molecule has 0 amide bonds. The average Bonchev–Trinajstić information content (AvgIpc) is 2.38. The highest BCUT2D eigenvalue weighted by Crippen LogP contribution is 2.29. The van der Waals surface area contributed by atoms with Crippen molar-refractivity contribution in [3.8, 4) is 5.75 Å². The first-order valence-electron chi connectivity index (χ1n) is 5.99. The number of ether oxygens (including phenoxy) is 2. The summed E-state index contributed by atoms with van der Waals surface area (Å²) in [5, 5.41) is 0.639. The van der Waals surface area contributed by atoms with Crippen LogP contribution in [0.15, 0.2) is 18.2 Å². The van der Waals surface area contributed by atoms with E-state index in [1.165, 1.54) is 0 Å². The van der Waals surface area contributed by atoms with Gasteiger partial charge in [0.15, 0.2) is 0 Å². The summed E-state index contributed by atoms with van der Waals surface area (Å²) in [5.74, 6) is 1.30. The first-order chi connectivity index (χ1) is 8.31. The topological polar surface area (TPSA) is 44.5 Å². The van der Waals surface area contributed by atoms with Crippen molar-refractivity contribution in [3.63, 3.8) is 0 Å². The van der Waals surface area contributed by atoms with Gasteiger partial charge in [0.25, 0.3) is 0 Å². The van der Waals surface area contributed by atoms with Crippen LogP contribution in [0.25, 0.3) is 0 Å². The molecule has 4 heteroatoms. The molecule has 1 saturated heterocycles. The van der Waals surface area contributed by atoms with E-state index in [2.05, 4.69) is 0 Å².